The van der Waals surface area contributed by atoms with E-state index in [-0.39, 0.29) is 0 Å². The maximum atomic E-state index is 11.7. The van der Waals surface area contributed by atoms with Crippen LogP contribution in [0, 0.1) is 6.92 Å². The smallest absolute Gasteiger partial charge is 0.328 e. The number of hydrogen-bond acceptors (Lipinski definition) is 4. The summed E-state index contributed by atoms with van der Waals surface area (Å²) in [6.45, 7) is 3.02. The van der Waals surface area contributed by atoms with Gasteiger partial charge in [0.2, 0.25) is 0 Å². The topological polar surface area (TPSA) is 99.5 Å². The second-order valence-corrected chi connectivity index (χ2v) is 3.72. The number of hydrogen-bond donors (Lipinski definition) is 3. The van der Waals surface area contributed by atoms with Gasteiger partial charge in [-0.15, -0.1) is 0 Å². The first-order valence-electron chi connectivity index (χ1n) is 5.06. The van der Waals surface area contributed by atoms with Crippen molar-refractivity contribution < 1.29 is 19.8 Å². The Bertz CT molecular complexity index is 431. The Morgan fingerprint density at radius 3 is 2.59 bits per heavy atom. The van der Waals surface area contributed by atoms with Crippen LogP contribution in [-0.4, -0.2) is 39.2 Å². The summed E-state index contributed by atoms with van der Waals surface area (Å²) < 4.78 is 0. The third-order valence-electron chi connectivity index (χ3n) is 2.19. The number of amides is 1. The number of carboxylic acid groups (broad SMARTS) is 1. The van der Waals surface area contributed by atoms with Crippen molar-refractivity contribution in [1.82, 2.24) is 10.3 Å². The highest BCUT2D eigenvalue weighted by Gasteiger charge is 2.25. The number of aromatic nitrogens is 1. The fourth-order valence-corrected chi connectivity index (χ4v) is 1.30. The third kappa shape index (κ3) is 3.53. The van der Waals surface area contributed by atoms with E-state index in [1.54, 1.807) is 6.92 Å². The lowest BCUT2D eigenvalue weighted by molar-refractivity contribution is -0.141. The van der Waals surface area contributed by atoms with Crippen molar-refractivity contribution in [1.29, 1.82) is 0 Å². The zero-order valence-electron chi connectivity index (χ0n) is 9.54. The Kier molecular flexibility index (Phi) is 4.17. The van der Waals surface area contributed by atoms with E-state index in [1.165, 1.54) is 25.3 Å². The lowest BCUT2D eigenvalue weighted by Crippen LogP contribution is -2.47. The molecule has 0 spiro atoms. The fourth-order valence-electron chi connectivity index (χ4n) is 1.30. The quantitative estimate of drug-likeness (QED) is 0.683. The lowest BCUT2D eigenvalue weighted by Gasteiger charge is -2.16. The molecule has 17 heavy (non-hydrogen) atoms. The number of aliphatic hydroxyl groups excluding tert-OH is 1. The molecule has 0 fully saturated rings. The Hall–Kier alpha value is -1.95. The molecule has 1 aromatic rings. The SMILES string of the molecule is Cc1cc(C(=O)NC(C(=O)O)C(C)O)ccn1. The lowest BCUT2D eigenvalue weighted by atomic mass is 10.1. The Morgan fingerprint density at radius 2 is 2.12 bits per heavy atom. The third-order valence-corrected chi connectivity index (χ3v) is 2.19. The number of carboxylic acids is 1. The van der Waals surface area contributed by atoms with Crippen LogP contribution < -0.4 is 5.32 Å². The molecule has 1 amide bonds. The van der Waals surface area contributed by atoms with Gasteiger partial charge in [-0.1, -0.05) is 0 Å². The molecule has 0 saturated carbocycles. The fraction of sp³-hybridized carbons (Fsp3) is 0.364. The van der Waals surface area contributed by atoms with Gasteiger partial charge in [0.1, 0.15) is 0 Å². The molecule has 2 atom stereocenters. The van der Waals surface area contributed by atoms with Gasteiger partial charge in [-0.2, -0.15) is 0 Å². The highest BCUT2D eigenvalue weighted by Crippen LogP contribution is 2.02. The summed E-state index contributed by atoms with van der Waals surface area (Å²) in [7, 11) is 0. The molecule has 6 nitrogen and oxygen atoms in total. The number of rotatable bonds is 4. The number of carbonyl (C=O) groups excluding carboxylic acids is 1. The standard InChI is InChI=1S/C11H14N2O4/c1-6-5-8(3-4-12-6)10(15)13-9(7(2)14)11(16)17/h3-5,7,9,14H,1-2H3,(H,13,15)(H,16,17). The first-order chi connectivity index (χ1) is 7.91. The number of aliphatic hydroxyl groups is 1. The van der Waals surface area contributed by atoms with Crippen LogP contribution in [0.5, 0.6) is 0 Å². The van der Waals surface area contributed by atoms with E-state index < -0.39 is 24.0 Å². The number of aryl methyl sites for hydroxylation is 1. The van der Waals surface area contributed by atoms with E-state index in [0.29, 0.717) is 11.3 Å². The Labute approximate surface area is 98.3 Å². The molecule has 0 saturated heterocycles. The molecule has 0 bridgehead atoms. The number of carbonyl (C=O) groups is 2. The van der Waals surface area contributed by atoms with E-state index >= 15 is 0 Å². The first-order valence-corrected chi connectivity index (χ1v) is 5.06. The van der Waals surface area contributed by atoms with Crippen molar-refractivity contribution in [2.75, 3.05) is 0 Å². The summed E-state index contributed by atoms with van der Waals surface area (Å²) in [5.74, 6) is -1.83. The van der Waals surface area contributed by atoms with Gasteiger partial charge in [0.25, 0.3) is 5.91 Å². The van der Waals surface area contributed by atoms with Gasteiger partial charge in [0.15, 0.2) is 6.04 Å². The Balaban J connectivity index is 2.81. The van der Waals surface area contributed by atoms with Crippen LogP contribution in [0.4, 0.5) is 0 Å². The van der Waals surface area contributed by atoms with Crippen LogP contribution in [0.1, 0.15) is 23.0 Å². The zero-order chi connectivity index (χ0) is 13.0. The summed E-state index contributed by atoms with van der Waals surface area (Å²) in [6.07, 6.45) is 0.293. The van der Waals surface area contributed by atoms with Gasteiger partial charge in [-0.05, 0) is 26.0 Å². The summed E-state index contributed by atoms with van der Waals surface area (Å²) >= 11 is 0. The van der Waals surface area contributed by atoms with E-state index in [4.69, 9.17) is 5.11 Å². The van der Waals surface area contributed by atoms with Gasteiger partial charge in [0, 0.05) is 17.5 Å². The van der Waals surface area contributed by atoms with E-state index in [9.17, 15) is 14.7 Å². The largest absolute Gasteiger partial charge is 0.480 e. The highest BCUT2D eigenvalue weighted by atomic mass is 16.4. The predicted molar refractivity (Wildman–Crippen MR) is 59.5 cm³/mol. The molecule has 1 aromatic heterocycles. The van der Waals surface area contributed by atoms with Crippen molar-refractivity contribution in [3.63, 3.8) is 0 Å². The zero-order valence-corrected chi connectivity index (χ0v) is 9.54. The van der Waals surface area contributed by atoms with Gasteiger partial charge >= 0.3 is 5.97 Å². The van der Waals surface area contributed by atoms with Crippen molar-refractivity contribution in [2.45, 2.75) is 26.0 Å². The van der Waals surface area contributed by atoms with Crippen molar-refractivity contribution in [2.24, 2.45) is 0 Å². The van der Waals surface area contributed by atoms with Crippen LogP contribution in [0.3, 0.4) is 0 Å². The second-order valence-electron chi connectivity index (χ2n) is 3.72. The highest BCUT2D eigenvalue weighted by molar-refractivity contribution is 5.96. The maximum Gasteiger partial charge on any atom is 0.328 e. The summed E-state index contributed by atoms with van der Waals surface area (Å²) in [4.78, 5) is 26.4. The normalized spacial score (nSPS) is 13.8. The van der Waals surface area contributed by atoms with Crippen molar-refractivity contribution in [3.05, 3.63) is 29.6 Å². The molecular formula is C11H14N2O4. The van der Waals surface area contributed by atoms with Crippen LogP contribution >= 0.6 is 0 Å². The number of nitrogens with zero attached hydrogens (tertiary/aromatic N) is 1. The maximum absolute atomic E-state index is 11.7. The molecule has 0 aliphatic rings. The van der Waals surface area contributed by atoms with Crippen LogP contribution in [-0.2, 0) is 4.79 Å². The molecular weight excluding hydrogens is 224 g/mol. The molecule has 0 aliphatic carbocycles. The average molecular weight is 238 g/mol. The summed E-state index contributed by atoms with van der Waals surface area (Å²) in [6, 6.07) is 1.69. The van der Waals surface area contributed by atoms with Crippen LogP contribution in [0.25, 0.3) is 0 Å². The van der Waals surface area contributed by atoms with E-state index in [2.05, 4.69) is 10.3 Å². The van der Waals surface area contributed by atoms with Crippen molar-refractivity contribution in [3.8, 4) is 0 Å². The number of aliphatic carboxylic acids is 1. The summed E-state index contributed by atoms with van der Waals surface area (Å²) in [5.41, 5.74) is 0.964. The number of nitrogens with one attached hydrogen (secondary N) is 1. The minimum absolute atomic E-state index is 0.310. The molecule has 6 heteroatoms. The number of pyridine rings is 1. The van der Waals surface area contributed by atoms with Gasteiger partial charge in [0.05, 0.1) is 6.10 Å². The first kappa shape index (κ1) is 13.1. The summed E-state index contributed by atoms with van der Waals surface area (Å²) in [5, 5.41) is 20.3. The molecule has 1 rings (SSSR count). The second kappa shape index (κ2) is 5.40. The molecule has 3 N–H and O–H groups in total. The van der Waals surface area contributed by atoms with Gasteiger partial charge < -0.3 is 15.5 Å². The van der Waals surface area contributed by atoms with Crippen molar-refractivity contribution >= 4 is 11.9 Å². The van der Waals surface area contributed by atoms with Crippen LogP contribution in [0.15, 0.2) is 18.3 Å². The van der Waals surface area contributed by atoms with Gasteiger partial charge in [-0.3, -0.25) is 9.78 Å². The average Bonchev–Trinajstić information content (AvgIpc) is 2.24. The minimum Gasteiger partial charge on any atom is -0.480 e. The van der Waals surface area contributed by atoms with E-state index in [0.717, 1.165) is 0 Å². The molecule has 1 heterocycles. The minimum atomic E-state index is -1.32. The predicted octanol–water partition coefficient (Wildman–Crippen LogP) is -0.0462. The van der Waals surface area contributed by atoms with Crippen LogP contribution in [0.2, 0.25) is 0 Å². The Morgan fingerprint density at radius 1 is 1.47 bits per heavy atom. The monoisotopic (exact) mass is 238 g/mol. The molecule has 0 aromatic carbocycles. The molecule has 2 unspecified atom stereocenters. The molecule has 0 radical (unpaired) electrons. The molecule has 0 aliphatic heterocycles. The molecule has 92 valence electrons. The van der Waals surface area contributed by atoms with E-state index in [1.807, 2.05) is 0 Å². The van der Waals surface area contributed by atoms with Gasteiger partial charge in [-0.25, -0.2) is 4.79 Å².